The molecular formula is C15H15F2NO. The van der Waals surface area contributed by atoms with Crippen LogP contribution in [0.25, 0.3) is 0 Å². The molecule has 0 fully saturated rings. The molecule has 0 amide bonds. The molecule has 0 aliphatic rings. The molecule has 19 heavy (non-hydrogen) atoms. The van der Waals surface area contributed by atoms with Gasteiger partial charge in [-0.2, -0.15) is 0 Å². The smallest absolute Gasteiger partial charge is 0.139 e. The van der Waals surface area contributed by atoms with Gasteiger partial charge in [-0.05, 0) is 24.6 Å². The minimum atomic E-state index is -0.637. The maximum atomic E-state index is 13.7. The van der Waals surface area contributed by atoms with Gasteiger partial charge in [0.15, 0.2) is 0 Å². The number of nitrogens with two attached hydrogens (primary N) is 1. The Bertz CT molecular complexity index is 572. The van der Waals surface area contributed by atoms with Crippen molar-refractivity contribution in [3.8, 4) is 5.75 Å². The average Bonchev–Trinajstić information content (AvgIpc) is 2.41. The second kappa shape index (κ2) is 5.80. The van der Waals surface area contributed by atoms with E-state index in [9.17, 15) is 8.78 Å². The van der Waals surface area contributed by atoms with Crippen LogP contribution in [0, 0.1) is 18.6 Å². The minimum Gasteiger partial charge on any atom is -0.484 e. The number of halogens is 2. The summed E-state index contributed by atoms with van der Waals surface area (Å²) in [6, 6.07) is 10.5. The minimum absolute atomic E-state index is 0.108. The van der Waals surface area contributed by atoms with Gasteiger partial charge in [-0.1, -0.05) is 24.3 Å². The second-order valence-corrected chi connectivity index (χ2v) is 4.27. The lowest BCUT2D eigenvalue weighted by Crippen LogP contribution is -2.20. The van der Waals surface area contributed by atoms with Gasteiger partial charge in [0.05, 0.1) is 0 Å². The normalized spacial score (nSPS) is 12.2. The molecule has 100 valence electrons. The number of hydrogen-bond donors (Lipinski definition) is 1. The molecule has 2 nitrogen and oxygen atoms in total. The predicted molar refractivity (Wildman–Crippen MR) is 70.0 cm³/mol. The highest BCUT2D eigenvalue weighted by molar-refractivity contribution is 5.34. The lowest BCUT2D eigenvalue weighted by Gasteiger charge is -2.19. The number of hydrogen-bond acceptors (Lipinski definition) is 2. The van der Waals surface area contributed by atoms with Crippen LogP contribution in [0.5, 0.6) is 5.75 Å². The molecule has 0 aromatic heterocycles. The lowest BCUT2D eigenvalue weighted by atomic mass is 10.1. The summed E-state index contributed by atoms with van der Waals surface area (Å²) in [6.45, 7) is 1.90. The van der Waals surface area contributed by atoms with Gasteiger partial charge >= 0.3 is 0 Å². The van der Waals surface area contributed by atoms with Crippen molar-refractivity contribution in [1.29, 1.82) is 0 Å². The SMILES string of the molecule is Cc1ccc(F)cc1OC(CN)c1ccccc1F. The van der Waals surface area contributed by atoms with Gasteiger partial charge in [-0.25, -0.2) is 8.78 Å². The van der Waals surface area contributed by atoms with Crippen molar-refractivity contribution in [3.63, 3.8) is 0 Å². The highest BCUT2D eigenvalue weighted by Crippen LogP contribution is 2.26. The fourth-order valence-corrected chi connectivity index (χ4v) is 1.83. The van der Waals surface area contributed by atoms with E-state index in [4.69, 9.17) is 10.5 Å². The highest BCUT2D eigenvalue weighted by atomic mass is 19.1. The summed E-state index contributed by atoms with van der Waals surface area (Å²) in [7, 11) is 0. The van der Waals surface area contributed by atoms with Crippen LogP contribution in [0.1, 0.15) is 17.2 Å². The van der Waals surface area contributed by atoms with Crippen LogP contribution in [-0.4, -0.2) is 6.54 Å². The Labute approximate surface area is 110 Å². The standard InChI is InChI=1S/C15H15F2NO/c1-10-6-7-11(16)8-14(10)19-15(9-18)12-4-2-3-5-13(12)17/h2-8,15H,9,18H2,1H3. The van der Waals surface area contributed by atoms with Crippen LogP contribution in [0.4, 0.5) is 8.78 Å². The fourth-order valence-electron chi connectivity index (χ4n) is 1.83. The Morgan fingerprint density at radius 3 is 2.58 bits per heavy atom. The van der Waals surface area contributed by atoms with Gasteiger partial charge < -0.3 is 10.5 Å². The summed E-state index contributed by atoms with van der Waals surface area (Å²) in [5.41, 5.74) is 6.77. The van der Waals surface area contributed by atoms with Gasteiger partial charge in [0.25, 0.3) is 0 Å². The molecule has 0 radical (unpaired) electrons. The summed E-state index contributed by atoms with van der Waals surface area (Å²) >= 11 is 0. The summed E-state index contributed by atoms with van der Waals surface area (Å²) in [5.74, 6) is -0.407. The van der Waals surface area contributed by atoms with Crippen molar-refractivity contribution in [1.82, 2.24) is 0 Å². The van der Waals surface area contributed by atoms with E-state index in [1.807, 2.05) is 0 Å². The molecule has 2 aromatic rings. The van der Waals surface area contributed by atoms with Crippen LogP contribution in [0.15, 0.2) is 42.5 Å². The monoisotopic (exact) mass is 263 g/mol. The molecule has 0 saturated carbocycles. The van der Waals surface area contributed by atoms with Crippen molar-refractivity contribution >= 4 is 0 Å². The van der Waals surface area contributed by atoms with E-state index in [2.05, 4.69) is 0 Å². The van der Waals surface area contributed by atoms with E-state index in [-0.39, 0.29) is 12.4 Å². The molecule has 2 rings (SSSR count). The van der Waals surface area contributed by atoms with Gasteiger partial charge in [-0.3, -0.25) is 0 Å². The van der Waals surface area contributed by atoms with E-state index in [0.717, 1.165) is 5.56 Å². The van der Waals surface area contributed by atoms with Crippen LogP contribution in [0.3, 0.4) is 0 Å². The van der Waals surface area contributed by atoms with E-state index in [1.165, 1.54) is 18.2 Å². The molecule has 0 bridgehead atoms. The van der Waals surface area contributed by atoms with Gasteiger partial charge in [0, 0.05) is 18.2 Å². The molecule has 0 spiro atoms. The summed E-state index contributed by atoms with van der Waals surface area (Å²) in [6.07, 6.45) is -0.637. The van der Waals surface area contributed by atoms with Gasteiger partial charge in [0.2, 0.25) is 0 Å². The van der Waals surface area contributed by atoms with Crippen LogP contribution in [0.2, 0.25) is 0 Å². The number of rotatable bonds is 4. The fraction of sp³-hybridized carbons (Fsp3) is 0.200. The summed E-state index contributed by atoms with van der Waals surface area (Å²) < 4.78 is 32.5. The van der Waals surface area contributed by atoms with Crippen molar-refractivity contribution < 1.29 is 13.5 Å². The van der Waals surface area contributed by atoms with Crippen molar-refractivity contribution in [3.05, 3.63) is 65.2 Å². The van der Waals surface area contributed by atoms with Gasteiger partial charge in [-0.15, -0.1) is 0 Å². The van der Waals surface area contributed by atoms with E-state index < -0.39 is 11.9 Å². The Kier molecular flexibility index (Phi) is 4.12. The second-order valence-electron chi connectivity index (χ2n) is 4.27. The number of benzene rings is 2. The Morgan fingerprint density at radius 2 is 1.89 bits per heavy atom. The van der Waals surface area contributed by atoms with E-state index in [1.54, 1.807) is 31.2 Å². The quantitative estimate of drug-likeness (QED) is 0.918. The zero-order valence-corrected chi connectivity index (χ0v) is 10.6. The maximum Gasteiger partial charge on any atom is 0.139 e. The summed E-state index contributed by atoms with van der Waals surface area (Å²) in [4.78, 5) is 0. The maximum absolute atomic E-state index is 13.7. The van der Waals surface area contributed by atoms with Crippen molar-refractivity contribution in [2.24, 2.45) is 5.73 Å². The topological polar surface area (TPSA) is 35.2 Å². The third-order valence-corrected chi connectivity index (χ3v) is 2.89. The molecule has 4 heteroatoms. The molecular weight excluding hydrogens is 248 g/mol. The zero-order valence-electron chi connectivity index (χ0n) is 10.6. The summed E-state index contributed by atoms with van der Waals surface area (Å²) in [5, 5.41) is 0. The Balaban J connectivity index is 2.29. The highest BCUT2D eigenvalue weighted by Gasteiger charge is 2.16. The first-order valence-corrected chi connectivity index (χ1v) is 5.99. The first-order chi connectivity index (χ1) is 9.11. The number of aryl methyl sites for hydroxylation is 1. The third-order valence-electron chi connectivity index (χ3n) is 2.89. The predicted octanol–water partition coefficient (Wildman–Crippen LogP) is 3.35. The largest absolute Gasteiger partial charge is 0.484 e. The van der Waals surface area contributed by atoms with Crippen molar-refractivity contribution in [2.75, 3.05) is 6.54 Å². The Hall–Kier alpha value is -1.94. The molecule has 2 N–H and O–H groups in total. The van der Waals surface area contributed by atoms with E-state index >= 15 is 0 Å². The van der Waals surface area contributed by atoms with Crippen molar-refractivity contribution in [2.45, 2.75) is 13.0 Å². The molecule has 0 aliphatic carbocycles. The first kappa shape index (κ1) is 13.5. The number of ether oxygens (including phenoxy) is 1. The molecule has 1 atom stereocenters. The van der Waals surface area contributed by atoms with Crippen LogP contribution in [-0.2, 0) is 0 Å². The Morgan fingerprint density at radius 1 is 1.16 bits per heavy atom. The zero-order chi connectivity index (χ0) is 13.8. The molecule has 2 aromatic carbocycles. The lowest BCUT2D eigenvalue weighted by molar-refractivity contribution is 0.207. The molecule has 0 saturated heterocycles. The van der Waals surface area contributed by atoms with Crippen LogP contribution >= 0.6 is 0 Å². The first-order valence-electron chi connectivity index (χ1n) is 5.99. The third kappa shape index (κ3) is 3.09. The van der Waals surface area contributed by atoms with E-state index in [0.29, 0.717) is 11.3 Å². The molecule has 0 aliphatic heterocycles. The molecule has 0 heterocycles. The molecule has 1 unspecified atom stereocenters. The van der Waals surface area contributed by atoms with Crippen LogP contribution < -0.4 is 10.5 Å². The average molecular weight is 263 g/mol. The van der Waals surface area contributed by atoms with Gasteiger partial charge in [0.1, 0.15) is 23.5 Å².